The highest BCUT2D eigenvalue weighted by Crippen LogP contribution is 2.55. The van der Waals surface area contributed by atoms with Gasteiger partial charge in [0.1, 0.15) is 17.4 Å². The number of benzene rings is 3. The molecule has 1 saturated carbocycles. The maximum Gasteiger partial charge on any atom is 0.341 e. The zero-order valence-electron chi connectivity index (χ0n) is 25.3. The Hall–Kier alpha value is -4.76. The van der Waals surface area contributed by atoms with E-state index in [1.807, 2.05) is 36.1 Å². The molecular formula is C35H36N6O3. The summed E-state index contributed by atoms with van der Waals surface area (Å²) < 4.78 is 15.0. The smallest absolute Gasteiger partial charge is 0.341 e. The molecule has 0 bridgehead atoms. The molecule has 1 aliphatic heterocycles. The van der Waals surface area contributed by atoms with Gasteiger partial charge in [-0.05, 0) is 53.8 Å². The van der Waals surface area contributed by atoms with Crippen LogP contribution in [0.25, 0.3) is 16.8 Å². The number of ether oxygens (including phenoxy) is 2. The molecule has 3 atom stereocenters. The molecule has 224 valence electrons. The first-order valence-corrected chi connectivity index (χ1v) is 15.2. The van der Waals surface area contributed by atoms with Gasteiger partial charge in [0.05, 0.1) is 30.4 Å². The van der Waals surface area contributed by atoms with Crippen LogP contribution in [0.3, 0.4) is 0 Å². The van der Waals surface area contributed by atoms with Crippen molar-refractivity contribution in [2.75, 3.05) is 13.7 Å². The summed E-state index contributed by atoms with van der Waals surface area (Å²) in [6.07, 6.45) is 5.56. The molecule has 1 fully saturated rings. The molecule has 7 rings (SSSR count). The lowest BCUT2D eigenvalue weighted by atomic mass is 10.0. The van der Waals surface area contributed by atoms with Gasteiger partial charge in [-0.25, -0.2) is 9.48 Å². The topological polar surface area (TPSA) is 87.3 Å². The Morgan fingerprint density at radius 1 is 1.02 bits per heavy atom. The molecule has 1 unspecified atom stereocenters. The molecule has 0 N–H and O–H groups in total. The lowest BCUT2D eigenvalue weighted by Gasteiger charge is -2.23. The predicted molar refractivity (Wildman–Crippen MR) is 167 cm³/mol. The van der Waals surface area contributed by atoms with Crippen LogP contribution in [0.5, 0.6) is 5.75 Å². The molecule has 9 heteroatoms. The fourth-order valence-corrected chi connectivity index (χ4v) is 6.36. The predicted octanol–water partition coefficient (Wildman–Crippen LogP) is 5.90. The molecule has 2 aromatic heterocycles. The molecule has 1 aliphatic carbocycles. The number of fused-ring (bicyclic) bond motifs is 1. The summed E-state index contributed by atoms with van der Waals surface area (Å²) in [7, 11) is 3.27. The van der Waals surface area contributed by atoms with Crippen LogP contribution >= 0.6 is 0 Å². The van der Waals surface area contributed by atoms with Gasteiger partial charge in [0.25, 0.3) is 0 Å². The van der Waals surface area contributed by atoms with Crippen LogP contribution in [0.4, 0.5) is 0 Å². The zero-order valence-corrected chi connectivity index (χ0v) is 25.3. The third-order valence-electron chi connectivity index (χ3n) is 8.69. The standard InChI is InChI=1S/C35H36N6O3/c1-4-28-21-40(20-26-10-5-6-14-33(26)44-28)19-23-9-7-11-24(15-23)25-12-8-13-27(16-25)41-34(31(18-36-41)35(42)43-3)30-17-29(30)32-22-39(2)38-37-32/h5-16,18,22,28-30H,4,17,19-21H2,1-3H3/t28?,29-,30-/m1/s1. The lowest BCUT2D eigenvalue weighted by Crippen LogP contribution is -2.32. The summed E-state index contributed by atoms with van der Waals surface area (Å²) in [6, 6.07) is 25.4. The Morgan fingerprint density at radius 2 is 1.84 bits per heavy atom. The highest BCUT2D eigenvalue weighted by atomic mass is 16.5. The molecule has 0 radical (unpaired) electrons. The summed E-state index contributed by atoms with van der Waals surface area (Å²) in [5.74, 6) is 0.901. The van der Waals surface area contributed by atoms with E-state index < -0.39 is 0 Å². The largest absolute Gasteiger partial charge is 0.489 e. The normalized spacial score (nSPS) is 19.6. The van der Waals surface area contributed by atoms with Crippen molar-refractivity contribution < 1.29 is 14.3 Å². The number of aryl methyl sites for hydroxylation is 1. The van der Waals surface area contributed by atoms with Crippen LogP contribution in [0.1, 0.15) is 64.5 Å². The Bertz CT molecular complexity index is 1810. The number of hydrogen-bond donors (Lipinski definition) is 0. The fraction of sp³-hybridized carbons (Fsp3) is 0.314. The summed E-state index contributed by atoms with van der Waals surface area (Å²) >= 11 is 0. The van der Waals surface area contributed by atoms with Crippen LogP contribution in [-0.4, -0.2) is 55.4 Å². The van der Waals surface area contributed by atoms with E-state index in [4.69, 9.17) is 9.47 Å². The average molecular weight is 589 g/mol. The Kier molecular flexibility index (Phi) is 7.47. The maximum atomic E-state index is 12.8. The number of rotatable bonds is 8. The van der Waals surface area contributed by atoms with Gasteiger partial charge < -0.3 is 9.47 Å². The first kappa shape index (κ1) is 28.0. The van der Waals surface area contributed by atoms with Crippen molar-refractivity contribution >= 4 is 5.97 Å². The Balaban J connectivity index is 1.17. The van der Waals surface area contributed by atoms with E-state index in [2.05, 4.69) is 81.8 Å². The van der Waals surface area contributed by atoms with Crippen molar-refractivity contribution in [3.05, 3.63) is 113 Å². The number of hydrogen-bond acceptors (Lipinski definition) is 7. The Morgan fingerprint density at radius 3 is 2.64 bits per heavy atom. The lowest BCUT2D eigenvalue weighted by molar-refractivity contribution is 0.0599. The van der Waals surface area contributed by atoms with E-state index >= 15 is 0 Å². The van der Waals surface area contributed by atoms with Gasteiger partial charge >= 0.3 is 5.97 Å². The first-order chi connectivity index (χ1) is 21.5. The minimum Gasteiger partial charge on any atom is -0.489 e. The van der Waals surface area contributed by atoms with Crippen LogP contribution in [-0.2, 0) is 24.9 Å². The van der Waals surface area contributed by atoms with Gasteiger partial charge in [-0.3, -0.25) is 9.58 Å². The molecule has 2 aliphatic rings. The van der Waals surface area contributed by atoms with Gasteiger partial charge in [-0.15, -0.1) is 5.10 Å². The van der Waals surface area contributed by atoms with Gasteiger partial charge in [0, 0.05) is 50.3 Å². The van der Waals surface area contributed by atoms with Gasteiger partial charge in [0.15, 0.2) is 0 Å². The minimum atomic E-state index is -0.383. The molecule has 0 amide bonds. The van der Waals surface area contributed by atoms with Crippen LogP contribution in [0.15, 0.2) is 85.2 Å². The molecule has 9 nitrogen and oxygen atoms in total. The van der Waals surface area contributed by atoms with Crippen LogP contribution in [0.2, 0.25) is 0 Å². The SMILES string of the molecule is CCC1CN(Cc2cccc(-c3cccc(-n4ncc(C(=O)OC)c4[C@@H]4C[C@H]4c4cn(C)nn4)c3)c2)Cc2ccccc2O1. The molecule has 0 spiro atoms. The van der Waals surface area contributed by atoms with Crippen molar-refractivity contribution in [3.63, 3.8) is 0 Å². The van der Waals surface area contributed by atoms with E-state index in [9.17, 15) is 4.79 Å². The second-order valence-corrected chi connectivity index (χ2v) is 11.8. The fourth-order valence-electron chi connectivity index (χ4n) is 6.36. The van der Waals surface area contributed by atoms with Gasteiger partial charge in [-0.2, -0.15) is 5.10 Å². The average Bonchev–Trinajstić information content (AvgIpc) is 3.57. The maximum absolute atomic E-state index is 12.8. The molecule has 3 heterocycles. The minimum absolute atomic E-state index is 0.102. The van der Waals surface area contributed by atoms with E-state index in [1.54, 1.807) is 10.9 Å². The van der Waals surface area contributed by atoms with Crippen molar-refractivity contribution in [2.24, 2.45) is 7.05 Å². The van der Waals surface area contributed by atoms with E-state index in [1.165, 1.54) is 18.2 Å². The van der Waals surface area contributed by atoms with E-state index in [-0.39, 0.29) is 23.9 Å². The summed E-state index contributed by atoms with van der Waals surface area (Å²) in [5, 5.41) is 13.1. The number of aromatic nitrogens is 5. The number of nitrogens with zero attached hydrogens (tertiary/aromatic N) is 6. The van der Waals surface area contributed by atoms with Gasteiger partial charge in [-0.1, -0.05) is 60.7 Å². The van der Waals surface area contributed by atoms with Gasteiger partial charge in [0.2, 0.25) is 0 Å². The molecule has 3 aromatic carbocycles. The Labute approximate surface area is 257 Å². The quantitative estimate of drug-likeness (QED) is 0.209. The number of carbonyl (C=O) groups is 1. The second kappa shape index (κ2) is 11.7. The summed E-state index contributed by atoms with van der Waals surface area (Å²) in [6.45, 7) is 4.75. The zero-order chi connectivity index (χ0) is 30.2. The van der Waals surface area contributed by atoms with Crippen LogP contribution in [0, 0.1) is 0 Å². The number of esters is 1. The molecule has 44 heavy (non-hydrogen) atoms. The van der Waals surface area contributed by atoms with Crippen molar-refractivity contribution in [1.82, 2.24) is 29.7 Å². The molecule has 0 saturated heterocycles. The first-order valence-electron chi connectivity index (χ1n) is 15.2. The van der Waals surface area contributed by atoms with Crippen LogP contribution < -0.4 is 4.74 Å². The molecule has 5 aromatic rings. The van der Waals surface area contributed by atoms with Crippen molar-refractivity contribution in [2.45, 2.75) is 50.8 Å². The highest BCUT2D eigenvalue weighted by Gasteiger charge is 2.46. The second-order valence-electron chi connectivity index (χ2n) is 11.8. The van der Waals surface area contributed by atoms with Crippen molar-refractivity contribution in [1.29, 1.82) is 0 Å². The number of para-hydroxylation sites is 1. The monoisotopic (exact) mass is 588 g/mol. The summed E-state index contributed by atoms with van der Waals surface area (Å²) in [5.41, 5.74) is 7.87. The van der Waals surface area contributed by atoms with E-state index in [0.717, 1.165) is 66.4 Å². The summed E-state index contributed by atoms with van der Waals surface area (Å²) in [4.78, 5) is 15.2. The van der Waals surface area contributed by atoms with Crippen molar-refractivity contribution in [3.8, 4) is 22.6 Å². The number of carbonyl (C=O) groups excluding carboxylic acids is 1. The highest BCUT2D eigenvalue weighted by molar-refractivity contribution is 5.91. The van der Waals surface area contributed by atoms with E-state index in [0.29, 0.717) is 5.56 Å². The third-order valence-corrected chi connectivity index (χ3v) is 8.69. The molecular weight excluding hydrogens is 552 g/mol. The number of methoxy groups -OCH3 is 1. The third kappa shape index (κ3) is 5.51.